The Kier molecular flexibility index (Phi) is 7.80. The number of amides is 2. The minimum Gasteiger partial charge on any atom is -0.479 e. The molecule has 0 aromatic heterocycles. The highest BCUT2D eigenvalue weighted by Gasteiger charge is 2.46. The fourth-order valence-electron chi connectivity index (χ4n) is 4.01. The number of hydrogen-bond acceptors (Lipinski definition) is 4. The fraction of sp³-hybridized carbons (Fsp3) is 0.375. The van der Waals surface area contributed by atoms with E-state index in [2.05, 4.69) is 5.32 Å². The lowest BCUT2D eigenvalue weighted by Crippen LogP contribution is -2.50. The molecule has 182 valence electrons. The molecule has 7 nitrogen and oxygen atoms in total. The summed E-state index contributed by atoms with van der Waals surface area (Å²) in [5.74, 6) is -3.39. The number of carboxylic acids is 1. The molecule has 3 N–H and O–H groups in total. The van der Waals surface area contributed by atoms with Gasteiger partial charge in [-0.1, -0.05) is 55.5 Å². The van der Waals surface area contributed by atoms with E-state index in [1.165, 1.54) is 5.32 Å². The van der Waals surface area contributed by atoms with Crippen LogP contribution in [0.2, 0.25) is 0 Å². The summed E-state index contributed by atoms with van der Waals surface area (Å²) >= 11 is 0. The molecule has 0 fully saturated rings. The zero-order valence-corrected chi connectivity index (χ0v) is 18.4. The summed E-state index contributed by atoms with van der Waals surface area (Å²) in [4.78, 5) is 34.9. The molecule has 3 rings (SSSR count). The number of nitrogens with one attached hydrogen (secondary N) is 2. The van der Waals surface area contributed by atoms with E-state index in [0.717, 1.165) is 22.3 Å². The van der Waals surface area contributed by atoms with E-state index < -0.39 is 36.2 Å². The number of ether oxygens (including phenoxy) is 1. The van der Waals surface area contributed by atoms with Crippen molar-refractivity contribution in [2.75, 3.05) is 6.61 Å². The van der Waals surface area contributed by atoms with Gasteiger partial charge in [-0.05, 0) is 35.1 Å². The molecule has 0 bridgehead atoms. The smallest absolute Gasteiger partial charge is 0.419 e. The Bertz CT molecular complexity index is 1010. The number of carbonyl (C=O) groups is 3. The number of carbonyl (C=O) groups excluding carboxylic acids is 2. The van der Waals surface area contributed by atoms with Gasteiger partial charge < -0.3 is 20.5 Å². The maximum Gasteiger partial charge on any atom is 0.419 e. The van der Waals surface area contributed by atoms with Gasteiger partial charge in [-0.3, -0.25) is 4.79 Å². The molecule has 2 aromatic carbocycles. The molecule has 2 amide bonds. The molecule has 0 saturated carbocycles. The molecule has 1 aliphatic carbocycles. The van der Waals surface area contributed by atoms with Gasteiger partial charge in [0.15, 0.2) is 0 Å². The molecule has 2 atom stereocenters. The third kappa shape index (κ3) is 5.86. The van der Waals surface area contributed by atoms with E-state index in [0.29, 0.717) is 6.42 Å². The first-order valence-electron chi connectivity index (χ1n) is 10.8. The zero-order chi connectivity index (χ0) is 24.9. The average Bonchev–Trinajstić information content (AvgIpc) is 3.11. The van der Waals surface area contributed by atoms with E-state index in [1.54, 1.807) is 6.92 Å². The number of alkyl halides is 3. The first-order valence-corrected chi connectivity index (χ1v) is 10.8. The topological polar surface area (TPSA) is 105 Å². The highest BCUT2D eigenvalue weighted by Crippen LogP contribution is 2.44. The Morgan fingerprint density at radius 3 is 2.06 bits per heavy atom. The van der Waals surface area contributed by atoms with Crippen molar-refractivity contribution in [3.05, 3.63) is 59.7 Å². The lowest BCUT2D eigenvalue weighted by molar-refractivity contribution is -0.182. The summed E-state index contributed by atoms with van der Waals surface area (Å²) in [5, 5.41) is 12.7. The third-order valence-corrected chi connectivity index (χ3v) is 5.76. The number of benzene rings is 2. The minimum absolute atomic E-state index is 0.0245. The number of halogens is 3. The molecule has 0 radical (unpaired) electrons. The van der Waals surface area contributed by atoms with Crippen LogP contribution in [0.1, 0.15) is 43.2 Å². The Balaban J connectivity index is 1.52. The van der Waals surface area contributed by atoms with Crippen molar-refractivity contribution in [2.24, 2.45) is 0 Å². The average molecular weight is 478 g/mol. The summed E-state index contributed by atoms with van der Waals surface area (Å²) in [5.41, 5.74) is 4.28. The van der Waals surface area contributed by atoms with E-state index >= 15 is 0 Å². The van der Waals surface area contributed by atoms with Crippen LogP contribution in [0.15, 0.2) is 48.5 Å². The van der Waals surface area contributed by atoms with E-state index in [-0.39, 0.29) is 25.4 Å². The predicted molar refractivity (Wildman–Crippen MR) is 117 cm³/mol. The van der Waals surface area contributed by atoms with Crippen molar-refractivity contribution >= 4 is 18.0 Å². The van der Waals surface area contributed by atoms with Crippen LogP contribution in [0.5, 0.6) is 0 Å². The summed E-state index contributed by atoms with van der Waals surface area (Å²) in [6.07, 6.45) is -5.77. The summed E-state index contributed by atoms with van der Waals surface area (Å²) in [6.45, 7) is 1.84. The van der Waals surface area contributed by atoms with Crippen LogP contribution in [-0.4, -0.2) is 47.9 Å². The van der Waals surface area contributed by atoms with Gasteiger partial charge in [0.1, 0.15) is 6.61 Å². The first kappa shape index (κ1) is 25.1. The lowest BCUT2D eigenvalue weighted by Gasteiger charge is -2.20. The van der Waals surface area contributed by atoms with Crippen LogP contribution >= 0.6 is 0 Å². The Labute approximate surface area is 194 Å². The van der Waals surface area contributed by atoms with Crippen LogP contribution in [0.4, 0.5) is 18.0 Å². The number of alkyl carbamates (subject to hydrolysis) is 1. The number of aliphatic carboxylic acids is 1. The molecule has 10 heteroatoms. The molecule has 2 unspecified atom stereocenters. The van der Waals surface area contributed by atoms with Gasteiger partial charge in [0.25, 0.3) is 0 Å². The van der Waals surface area contributed by atoms with Gasteiger partial charge in [-0.15, -0.1) is 0 Å². The van der Waals surface area contributed by atoms with Crippen LogP contribution in [0.25, 0.3) is 11.1 Å². The van der Waals surface area contributed by atoms with Gasteiger partial charge in [-0.25, -0.2) is 9.59 Å². The molecular weight excluding hydrogens is 453 g/mol. The maximum absolute atomic E-state index is 12.7. The first-order chi connectivity index (χ1) is 16.1. The van der Waals surface area contributed by atoms with Gasteiger partial charge >= 0.3 is 18.2 Å². The molecule has 0 aliphatic heterocycles. The number of fused-ring (bicyclic) bond motifs is 3. The second-order valence-corrected chi connectivity index (χ2v) is 7.99. The van der Waals surface area contributed by atoms with Gasteiger partial charge in [-0.2, -0.15) is 13.2 Å². The predicted octanol–water partition coefficient (Wildman–Crippen LogP) is 4.22. The van der Waals surface area contributed by atoms with E-state index in [4.69, 9.17) is 9.84 Å². The van der Waals surface area contributed by atoms with Crippen LogP contribution < -0.4 is 10.6 Å². The summed E-state index contributed by atoms with van der Waals surface area (Å²) < 4.78 is 43.5. The molecule has 34 heavy (non-hydrogen) atoms. The highest BCUT2D eigenvalue weighted by atomic mass is 19.4. The Morgan fingerprint density at radius 1 is 1.00 bits per heavy atom. The zero-order valence-electron chi connectivity index (χ0n) is 18.4. The van der Waals surface area contributed by atoms with Crippen molar-refractivity contribution in [2.45, 2.75) is 50.4 Å². The van der Waals surface area contributed by atoms with Crippen molar-refractivity contribution in [1.82, 2.24) is 10.6 Å². The highest BCUT2D eigenvalue weighted by molar-refractivity contribution is 5.84. The monoisotopic (exact) mass is 478 g/mol. The van der Waals surface area contributed by atoms with Gasteiger partial charge in [0.05, 0.1) is 0 Å². The van der Waals surface area contributed by atoms with Crippen LogP contribution in [0, 0.1) is 0 Å². The van der Waals surface area contributed by atoms with Gasteiger partial charge in [0.2, 0.25) is 11.9 Å². The molecule has 0 heterocycles. The second-order valence-electron chi connectivity index (χ2n) is 7.99. The summed E-state index contributed by atoms with van der Waals surface area (Å²) in [6, 6.07) is 12.2. The van der Waals surface area contributed by atoms with Crippen LogP contribution in [-0.2, 0) is 14.3 Å². The lowest BCUT2D eigenvalue weighted by atomic mass is 9.98. The van der Waals surface area contributed by atoms with Crippen LogP contribution in [0.3, 0.4) is 0 Å². The van der Waals surface area contributed by atoms with Gasteiger partial charge in [0, 0.05) is 18.4 Å². The largest absolute Gasteiger partial charge is 0.479 e. The maximum atomic E-state index is 12.7. The van der Waals surface area contributed by atoms with Crippen molar-refractivity contribution in [3.8, 4) is 11.1 Å². The molecule has 1 aliphatic rings. The van der Waals surface area contributed by atoms with E-state index in [1.807, 2.05) is 48.5 Å². The Morgan fingerprint density at radius 2 is 1.56 bits per heavy atom. The molecule has 0 saturated heterocycles. The second kappa shape index (κ2) is 10.6. The number of hydrogen-bond donors (Lipinski definition) is 3. The van der Waals surface area contributed by atoms with Crippen molar-refractivity contribution in [1.29, 1.82) is 0 Å². The molecule has 2 aromatic rings. The SMILES string of the molecule is CCC(CCC(=O)NC(C(=O)O)C(F)(F)F)NC(=O)OCC1c2ccccc2-c2ccccc21. The number of rotatable bonds is 9. The summed E-state index contributed by atoms with van der Waals surface area (Å²) in [7, 11) is 0. The van der Waals surface area contributed by atoms with E-state index in [9.17, 15) is 27.6 Å². The number of carboxylic acid groups (broad SMARTS) is 1. The third-order valence-electron chi connectivity index (χ3n) is 5.76. The fourth-order valence-corrected chi connectivity index (χ4v) is 4.01. The standard InChI is InChI=1S/C24H25F3N2O5/c1-2-14(11-12-20(30)29-21(22(31)32)24(25,26)27)28-23(33)34-13-19-17-9-5-3-7-15(17)16-8-4-6-10-18(16)19/h3-10,14,19,21H,2,11-13H2,1H3,(H,28,33)(H,29,30)(H,31,32). The normalized spacial score (nSPS) is 14.5. The quantitative estimate of drug-likeness (QED) is 0.501. The minimum atomic E-state index is -5.11. The van der Waals surface area contributed by atoms with Crippen molar-refractivity contribution < 1.29 is 37.4 Å². The van der Waals surface area contributed by atoms with Crippen molar-refractivity contribution in [3.63, 3.8) is 0 Å². The molecule has 0 spiro atoms. The Hall–Kier alpha value is -3.56. The molecular formula is C24H25F3N2O5.